The van der Waals surface area contributed by atoms with Crippen LogP contribution in [0.2, 0.25) is 0 Å². The predicted molar refractivity (Wildman–Crippen MR) is 70.6 cm³/mol. The number of para-hydroxylation sites is 2. The Bertz CT molecular complexity index is 384. The van der Waals surface area contributed by atoms with Crippen LogP contribution in [0.3, 0.4) is 0 Å². The number of hydrogen-bond acceptors (Lipinski definition) is 2. The van der Waals surface area contributed by atoms with Gasteiger partial charge in [0.25, 0.3) is 0 Å². The second kappa shape index (κ2) is 8.22. The van der Waals surface area contributed by atoms with Crippen LogP contribution in [0.1, 0.15) is 6.92 Å². The highest BCUT2D eigenvalue weighted by atomic mass is 16.5. The normalized spacial score (nSPS) is 8.82. The number of ether oxygens (including phenoxy) is 2. The van der Waals surface area contributed by atoms with Crippen molar-refractivity contribution in [2.75, 3.05) is 13.7 Å². The molecule has 2 rings (SSSR count). The van der Waals surface area contributed by atoms with Crippen LogP contribution in [0.4, 0.5) is 0 Å². The zero-order valence-electron chi connectivity index (χ0n) is 10.3. The molecule has 2 nitrogen and oxygen atoms in total. The summed E-state index contributed by atoms with van der Waals surface area (Å²) in [5.74, 6) is 1.85. The maximum absolute atomic E-state index is 5.21. The smallest absolute Gasteiger partial charge is 0.119 e. The molecular formula is C15H18O2. The van der Waals surface area contributed by atoms with Crippen molar-refractivity contribution in [2.45, 2.75) is 6.92 Å². The van der Waals surface area contributed by atoms with Gasteiger partial charge in [-0.05, 0) is 31.2 Å². The average molecular weight is 230 g/mol. The summed E-state index contributed by atoms with van der Waals surface area (Å²) < 4.78 is 10.1. The molecule has 2 aromatic rings. The van der Waals surface area contributed by atoms with E-state index in [1.165, 1.54) is 0 Å². The lowest BCUT2D eigenvalue weighted by atomic mass is 10.3. The van der Waals surface area contributed by atoms with Gasteiger partial charge in [-0.25, -0.2) is 0 Å². The SMILES string of the molecule is CCOc1ccccc1.COc1ccccc1. The Labute approximate surface area is 103 Å². The summed E-state index contributed by atoms with van der Waals surface area (Å²) >= 11 is 0. The molecule has 0 aliphatic heterocycles. The monoisotopic (exact) mass is 230 g/mol. The molecule has 0 unspecified atom stereocenters. The Hall–Kier alpha value is -1.96. The highest BCUT2D eigenvalue weighted by Gasteiger charge is 1.83. The minimum atomic E-state index is 0.740. The first-order valence-electron chi connectivity index (χ1n) is 5.63. The highest BCUT2D eigenvalue weighted by Crippen LogP contribution is 2.07. The number of benzene rings is 2. The Balaban J connectivity index is 0.000000171. The first kappa shape index (κ1) is 13.1. The van der Waals surface area contributed by atoms with Crippen molar-refractivity contribution >= 4 is 0 Å². The van der Waals surface area contributed by atoms with E-state index < -0.39 is 0 Å². The zero-order valence-corrected chi connectivity index (χ0v) is 10.3. The number of methoxy groups -OCH3 is 1. The first-order chi connectivity index (χ1) is 8.36. The summed E-state index contributed by atoms with van der Waals surface area (Å²) in [6.45, 7) is 2.72. The number of hydrogen-bond donors (Lipinski definition) is 0. The summed E-state index contributed by atoms with van der Waals surface area (Å²) in [6.07, 6.45) is 0. The van der Waals surface area contributed by atoms with Crippen LogP contribution in [0.15, 0.2) is 60.7 Å². The van der Waals surface area contributed by atoms with Crippen molar-refractivity contribution in [1.82, 2.24) is 0 Å². The van der Waals surface area contributed by atoms with E-state index in [1.54, 1.807) is 7.11 Å². The molecule has 0 saturated carbocycles. The fourth-order valence-electron chi connectivity index (χ4n) is 1.24. The Morgan fingerprint density at radius 3 is 1.59 bits per heavy atom. The van der Waals surface area contributed by atoms with Gasteiger partial charge in [0.1, 0.15) is 11.5 Å². The second-order valence-corrected chi connectivity index (χ2v) is 3.26. The first-order valence-corrected chi connectivity index (χ1v) is 5.63. The topological polar surface area (TPSA) is 18.5 Å². The van der Waals surface area contributed by atoms with Gasteiger partial charge < -0.3 is 9.47 Å². The lowest BCUT2D eigenvalue weighted by molar-refractivity contribution is 0.340. The Morgan fingerprint density at radius 1 is 0.765 bits per heavy atom. The van der Waals surface area contributed by atoms with Crippen molar-refractivity contribution in [3.8, 4) is 11.5 Å². The molecule has 2 heteroatoms. The third-order valence-electron chi connectivity index (χ3n) is 2.03. The van der Waals surface area contributed by atoms with Crippen LogP contribution in [0, 0.1) is 0 Å². The molecule has 0 atom stereocenters. The van der Waals surface area contributed by atoms with Gasteiger partial charge in [0.05, 0.1) is 13.7 Å². The van der Waals surface area contributed by atoms with Crippen molar-refractivity contribution < 1.29 is 9.47 Å². The van der Waals surface area contributed by atoms with E-state index >= 15 is 0 Å². The summed E-state index contributed by atoms with van der Waals surface area (Å²) in [4.78, 5) is 0. The largest absolute Gasteiger partial charge is 0.497 e. The van der Waals surface area contributed by atoms with Crippen LogP contribution in [0.25, 0.3) is 0 Å². The predicted octanol–water partition coefficient (Wildman–Crippen LogP) is 3.78. The van der Waals surface area contributed by atoms with Gasteiger partial charge in [0.2, 0.25) is 0 Å². The molecule has 0 heterocycles. The number of rotatable bonds is 3. The lowest BCUT2D eigenvalue weighted by Crippen LogP contribution is -1.89. The molecule has 0 aromatic heterocycles. The van der Waals surface area contributed by atoms with Crippen LogP contribution in [-0.4, -0.2) is 13.7 Å². The van der Waals surface area contributed by atoms with Gasteiger partial charge in [-0.15, -0.1) is 0 Å². The summed E-state index contributed by atoms with van der Waals surface area (Å²) in [7, 11) is 1.66. The molecule has 0 amide bonds. The summed E-state index contributed by atoms with van der Waals surface area (Å²) in [5.41, 5.74) is 0. The fraction of sp³-hybridized carbons (Fsp3) is 0.200. The van der Waals surface area contributed by atoms with Crippen LogP contribution >= 0.6 is 0 Å². The molecule has 0 radical (unpaired) electrons. The van der Waals surface area contributed by atoms with E-state index in [0.717, 1.165) is 18.1 Å². The van der Waals surface area contributed by atoms with E-state index in [9.17, 15) is 0 Å². The van der Waals surface area contributed by atoms with Gasteiger partial charge in [-0.2, -0.15) is 0 Å². The van der Waals surface area contributed by atoms with E-state index in [2.05, 4.69) is 0 Å². The maximum atomic E-state index is 5.21. The van der Waals surface area contributed by atoms with Crippen molar-refractivity contribution in [3.63, 3.8) is 0 Å². The lowest BCUT2D eigenvalue weighted by Gasteiger charge is -1.99. The third-order valence-corrected chi connectivity index (χ3v) is 2.03. The van der Waals surface area contributed by atoms with Crippen LogP contribution < -0.4 is 9.47 Å². The minimum Gasteiger partial charge on any atom is -0.497 e. The fourth-order valence-corrected chi connectivity index (χ4v) is 1.24. The molecule has 0 saturated heterocycles. The van der Waals surface area contributed by atoms with Gasteiger partial charge >= 0.3 is 0 Å². The van der Waals surface area contributed by atoms with Crippen LogP contribution in [-0.2, 0) is 0 Å². The molecule has 0 N–H and O–H groups in total. The molecule has 0 fully saturated rings. The Morgan fingerprint density at radius 2 is 1.24 bits per heavy atom. The zero-order chi connectivity index (χ0) is 12.3. The molecule has 90 valence electrons. The van der Waals surface area contributed by atoms with E-state index in [-0.39, 0.29) is 0 Å². The third kappa shape index (κ3) is 5.61. The molecule has 2 aromatic carbocycles. The average Bonchev–Trinajstić information content (AvgIpc) is 2.42. The molecule has 0 bridgehead atoms. The van der Waals surface area contributed by atoms with Crippen molar-refractivity contribution in [1.29, 1.82) is 0 Å². The van der Waals surface area contributed by atoms with E-state index in [0.29, 0.717) is 0 Å². The van der Waals surface area contributed by atoms with Gasteiger partial charge in [0, 0.05) is 0 Å². The van der Waals surface area contributed by atoms with E-state index in [1.807, 2.05) is 67.6 Å². The standard InChI is InChI=1S/C8H10O.C7H8O/c1-2-9-8-6-4-3-5-7-8;1-8-7-5-3-2-4-6-7/h3-7H,2H2,1H3;2-6H,1H3. The van der Waals surface area contributed by atoms with Gasteiger partial charge in [0.15, 0.2) is 0 Å². The molecule has 0 aliphatic carbocycles. The highest BCUT2D eigenvalue weighted by molar-refractivity contribution is 5.21. The summed E-state index contributed by atoms with van der Waals surface area (Å²) in [6, 6.07) is 19.5. The van der Waals surface area contributed by atoms with Crippen LogP contribution in [0.5, 0.6) is 11.5 Å². The molecular weight excluding hydrogens is 212 g/mol. The molecule has 0 aliphatic rings. The van der Waals surface area contributed by atoms with Crippen molar-refractivity contribution in [3.05, 3.63) is 60.7 Å². The quantitative estimate of drug-likeness (QED) is 0.799. The second-order valence-electron chi connectivity index (χ2n) is 3.26. The molecule has 0 spiro atoms. The maximum Gasteiger partial charge on any atom is 0.119 e. The molecule has 17 heavy (non-hydrogen) atoms. The van der Waals surface area contributed by atoms with E-state index in [4.69, 9.17) is 9.47 Å². The Kier molecular flexibility index (Phi) is 6.34. The minimum absolute atomic E-state index is 0.740. The van der Waals surface area contributed by atoms with Gasteiger partial charge in [-0.1, -0.05) is 36.4 Å². The van der Waals surface area contributed by atoms with Gasteiger partial charge in [-0.3, -0.25) is 0 Å². The summed E-state index contributed by atoms with van der Waals surface area (Å²) in [5, 5.41) is 0. The van der Waals surface area contributed by atoms with Crippen molar-refractivity contribution in [2.24, 2.45) is 0 Å².